The molecule has 0 bridgehead atoms. The molecule has 0 spiro atoms. The molecule has 0 amide bonds. The van der Waals surface area contributed by atoms with Crippen LogP contribution in [0, 0.1) is 0 Å². The van der Waals surface area contributed by atoms with E-state index >= 15 is 0 Å². The highest BCUT2D eigenvalue weighted by atomic mass is 31.1. The maximum Gasteiger partial charge on any atom is 0.512 e. The van der Waals surface area contributed by atoms with Crippen molar-refractivity contribution in [2.45, 2.75) is 6.16 Å². The van der Waals surface area contributed by atoms with E-state index in [9.17, 15) is 9.36 Å². The van der Waals surface area contributed by atoms with Gasteiger partial charge in [0.2, 0.25) is 6.16 Å². The lowest BCUT2D eigenvalue weighted by Crippen LogP contribution is -2.00. The Balaban J connectivity index is 2.72. The molecule has 0 aromatic heterocycles. The highest BCUT2D eigenvalue weighted by Gasteiger charge is 2.15. The Morgan fingerprint density at radius 3 is 2.33 bits per heavy atom. The predicted octanol–water partition coefficient (Wildman–Crippen LogP) is 2.36. The van der Waals surface area contributed by atoms with Gasteiger partial charge in [0.1, 0.15) is 0 Å². The van der Waals surface area contributed by atoms with Crippen molar-refractivity contribution in [3.8, 4) is 0 Å². The number of benzene rings is 1. The van der Waals surface area contributed by atoms with E-state index in [0.29, 0.717) is 11.7 Å². The van der Waals surface area contributed by atoms with Gasteiger partial charge in [0.15, 0.2) is 0 Å². The summed E-state index contributed by atoms with van der Waals surface area (Å²) in [5.74, 6) is -0.377. The van der Waals surface area contributed by atoms with Crippen LogP contribution in [0.2, 0.25) is 0 Å². The Hall–Kier alpha value is -1.25. The second-order valence-corrected chi connectivity index (χ2v) is 4.21. The van der Waals surface area contributed by atoms with Crippen molar-refractivity contribution < 1.29 is 18.6 Å². The molecule has 4 nitrogen and oxygen atoms in total. The number of hydrogen-bond donors (Lipinski definition) is 0. The summed E-state index contributed by atoms with van der Waals surface area (Å²) < 4.78 is 20.3. The molecule has 0 fully saturated rings. The zero-order chi connectivity index (χ0) is 11.3. The number of methoxy groups -OCH3 is 1. The summed E-state index contributed by atoms with van der Waals surface area (Å²) in [6.07, 6.45) is 0.354. The van der Waals surface area contributed by atoms with Crippen molar-refractivity contribution in [1.29, 1.82) is 0 Å². The van der Waals surface area contributed by atoms with Gasteiger partial charge in [-0.15, -0.1) is 4.52 Å². The highest BCUT2D eigenvalue weighted by Crippen LogP contribution is 2.26. The minimum Gasteiger partial charge on any atom is -0.465 e. The quantitative estimate of drug-likeness (QED) is 0.585. The first-order chi connectivity index (χ1) is 7.17. The van der Waals surface area contributed by atoms with Crippen LogP contribution < -0.4 is 0 Å². The molecular formula is C10H12O4P+. The van der Waals surface area contributed by atoms with Crippen molar-refractivity contribution in [1.82, 2.24) is 0 Å². The molecule has 1 aromatic rings. The summed E-state index contributed by atoms with van der Waals surface area (Å²) in [6.45, 7) is 0. The van der Waals surface area contributed by atoms with Crippen LogP contribution in [-0.2, 0) is 20.0 Å². The van der Waals surface area contributed by atoms with Gasteiger partial charge in [-0.2, -0.15) is 0 Å². The SMILES string of the molecule is COC(=O)c1ccc(C[P+](=O)OC)cc1. The fourth-order valence-corrected chi connectivity index (χ4v) is 1.72. The standard InChI is InChI=1S/C10H12O4P/c1-13-10(11)9-5-3-8(4-6-9)7-15(12)14-2/h3-6H,7H2,1-2H3/q+1. The first-order valence-electron chi connectivity index (χ1n) is 4.33. The smallest absolute Gasteiger partial charge is 0.465 e. The molecule has 80 valence electrons. The molecule has 1 rings (SSSR count). The topological polar surface area (TPSA) is 52.6 Å². The lowest BCUT2D eigenvalue weighted by Gasteiger charge is -1.98. The van der Waals surface area contributed by atoms with Crippen LogP contribution in [0.1, 0.15) is 15.9 Å². The van der Waals surface area contributed by atoms with E-state index in [1.165, 1.54) is 14.2 Å². The van der Waals surface area contributed by atoms with Crippen LogP contribution >= 0.6 is 8.03 Å². The molecule has 0 saturated heterocycles. The van der Waals surface area contributed by atoms with Crippen LogP contribution in [-0.4, -0.2) is 20.2 Å². The van der Waals surface area contributed by atoms with Crippen molar-refractivity contribution in [2.75, 3.05) is 14.2 Å². The molecule has 0 radical (unpaired) electrons. The van der Waals surface area contributed by atoms with E-state index in [1.807, 2.05) is 0 Å². The van der Waals surface area contributed by atoms with E-state index in [0.717, 1.165) is 5.56 Å². The Labute approximate surface area is 89.1 Å². The van der Waals surface area contributed by atoms with Crippen molar-refractivity contribution >= 4 is 14.0 Å². The summed E-state index contributed by atoms with van der Waals surface area (Å²) in [5, 5.41) is 0. The largest absolute Gasteiger partial charge is 0.512 e. The van der Waals surface area contributed by atoms with E-state index in [2.05, 4.69) is 9.26 Å². The normalized spacial score (nSPS) is 10.9. The van der Waals surface area contributed by atoms with Crippen LogP contribution in [0.4, 0.5) is 0 Å². The van der Waals surface area contributed by atoms with Gasteiger partial charge in [-0.1, -0.05) is 12.1 Å². The Kier molecular flexibility index (Phi) is 4.40. The maximum atomic E-state index is 11.1. The third-order valence-corrected chi connectivity index (χ3v) is 2.92. The molecule has 5 heteroatoms. The Bertz CT molecular complexity index is 358. The van der Waals surface area contributed by atoms with Gasteiger partial charge in [0, 0.05) is 5.56 Å². The third-order valence-electron chi connectivity index (χ3n) is 1.89. The molecule has 0 aliphatic carbocycles. The molecule has 1 aromatic carbocycles. The van der Waals surface area contributed by atoms with Crippen LogP contribution in [0.3, 0.4) is 0 Å². The number of carbonyl (C=O) groups is 1. The van der Waals surface area contributed by atoms with Crippen LogP contribution in [0.15, 0.2) is 24.3 Å². The maximum absolute atomic E-state index is 11.1. The van der Waals surface area contributed by atoms with E-state index in [-0.39, 0.29) is 5.97 Å². The summed E-state index contributed by atoms with van der Waals surface area (Å²) in [5.41, 5.74) is 1.35. The number of rotatable bonds is 4. The molecule has 1 atom stereocenters. The van der Waals surface area contributed by atoms with Gasteiger partial charge in [-0.3, -0.25) is 0 Å². The second kappa shape index (κ2) is 5.59. The Morgan fingerprint density at radius 2 is 1.87 bits per heavy atom. The molecule has 15 heavy (non-hydrogen) atoms. The third kappa shape index (κ3) is 3.42. The van der Waals surface area contributed by atoms with Crippen LogP contribution in [0.5, 0.6) is 0 Å². The second-order valence-electron chi connectivity index (χ2n) is 2.86. The molecule has 0 aliphatic rings. The van der Waals surface area contributed by atoms with Gasteiger partial charge in [0.05, 0.1) is 19.8 Å². The number of carbonyl (C=O) groups excluding carboxylic acids is 1. The molecule has 0 N–H and O–H groups in total. The van der Waals surface area contributed by atoms with Crippen molar-refractivity contribution in [3.63, 3.8) is 0 Å². The van der Waals surface area contributed by atoms with E-state index in [1.54, 1.807) is 24.3 Å². The number of ether oxygens (including phenoxy) is 1. The minimum absolute atomic E-state index is 0.354. The van der Waals surface area contributed by atoms with Gasteiger partial charge in [-0.05, 0) is 16.7 Å². The van der Waals surface area contributed by atoms with Crippen LogP contribution in [0.25, 0.3) is 0 Å². The molecular weight excluding hydrogens is 215 g/mol. The number of esters is 1. The summed E-state index contributed by atoms with van der Waals surface area (Å²) in [4.78, 5) is 11.1. The average Bonchev–Trinajstić information content (AvgIpc) is 2.29. The fourth-order valence-electron chi connectivity index (χ4n) is 1.08. The van der Waals surface area contributed by atoms with Gasteiger partial charge >= 0.3 is 14.0 Å². The monoisotopic (exact) mass is 227 g/mol. The lowest BCUT2D eigenvalue weighted by molar-refractivity contribution is 0.0600. The first-order valence-corrected chi connectivity index (χ1v) is 5.69. The summed E-state index contributed by atoms with van der Waals surface area (Å²) in [6, 6.07) is 6.75. The fraction of sp³-hybridized carbons (Fsp3) is 0.300. The summed E-state index contributed by atoms with van der Waals surface area (Å²) >= 11 is 0. The van der Waals surface area contributed by atoms with E-state index in [4.69, 9.17) is 0 Å². The van der Waals surface area contributed by atoms with Gasteiger partial charge in [0.25, 0.3) is 0 Å². The average molecular weight is 227 g/mol. The molecule has 0 heterocycles. The van der Waals surface area contributed by atoms with Gasteiger partial charge in [-0.25, -0.2) is 4.79 Å². The van der Waals surface area contributed by atoms with Crippen molar-refractivity contribution in [2.24, 2.45) is 0 Å². The summed E-state index contributed by atoms with van der Waals surface area (Å²) in [7, 11) is 1.09. The predicted molar refractivity (Wildman–Crippen MR) is 56.1 cm³/mol. The highest BCUT2D eigenvalue weighted by molar-refractivity contribution is 7.38. The van der Waals surface area contributed by atoms with Crippen molar-refractivity contribution in [3.05, 3.63) is 35.4 Å². The lowest BCUT2D eigenvalue weighted by atomic mass is 10.1. The molecule has 0 aliphatic heterocycles. The zero-order valence-electron chi connectivity index (χ0n) is 8.60. The van der Waals surface area contributed by atoms with E-state index < -0.39 is 8.03 Å². The minimum atomic E-state index is -1.65. The number of hydrogen-bond acceptors (Lipinski definition) is 4. The molecule has 1 unspecified atom stereocenters. The van der Waals surface area contributed by atoms with Gasteiger partial charge < -0.3 is 4.74 Å². The first kappa shape index (κ1) is 11.8. The Morgan fingerprint density at radius 1 is 1.27 bits per heavy atom. The molecule has 0 saturated carbocycles. The zero-order valence-corrected chi connectivity index (χ0v) is 9.49.